The van der Waals surface area contributed by atoms with Crippen molar-refractivity contribution in [3.8, 4) is 0 Å². The second-order valence-corrected chi connectivity index (χ2v) is 5.83. The largest absolute Gasteiger partial charge is 0.244 e. The van der Waals surface area contributed by atoms with Crippen molar-refractivity contribution >= 4 is 38.9 Å². The summed E-state index contributed by atoms with van der Waals surface area (Å²) in [4.78, 5) is 9.84. The molecule has 22 heavy (non-hydrogen) atoms. The zero-order chi connectivity index (χ0) is 14.5. The molecule has 1 aromatic heterocycles. The maximum Gasteiger partial charge on any atom is 0.0973 e. The average Bonchev–Trinajstić information content (AvgIpc) is 2.60. The van der Waals surface area contributed by atoms with Crippen LogP contribution in [-0.2, 0) is 6.42 Å². The summed E-state index contributed by atoms with van der Waals surface area (Å²) < 4.78 is 0. The average molecular weight is 282 g/mol. The van der Waals surface area contributed by atoms with Crippen LogP contribution in [0.5, 0.6) is 0 Å². The van der Waals surface area contributed by atoms with E-state index in [0.29, 0.717) is 0 Å². The summed E-state index contributed by atoms with van der Waals surface area (Å²) in [6, 6.07) is 16.9. The van der Waals surface area contributed by atoms with Gasteiger partial charge in [0.2, 0.25) is 0 Å². The number of allylic oxidation sites excluding steroid dienone is 1. The van der Waals surface area contributed by atoms with Crippen molar-refractivity contribution in [3.63, 3.8) is 0 Å². The van der Waals surface area contributed by atoms with E-state index < -0.39 is 0 Å². The zero-order valence-corrected chi connectivity index (χ0v) is 12.1. The van der Waals surface area contributed by atoms with Gasteiger partial charge in [0.05, 0.1) is 22.1 Å². The second-order valence-electron chi connectivity index (χ2n) is 5.83. The lowest BCUT2D eigenvalue weighted by atomic mass is 9.96. The Morgan fingerprint density at radius 2 is 1.64 bits per heavy atom. The van der Waals surface area contributed by atoms with Gasteiger partial charge in [-0.15, -0.1) is 0 Å². The Kier molecular flexibility index (Phi) is 2.36. The standard InChI is InChI=1S/C20H14N2/c1-3-7-15-13(5-1)9-11-17-19(15)22-20-16-8-4-2-6-14(16)10-12-18(20)21-17/h1,3-5,7-12H,2,6H2. The molecular weight excluding hydrogens is 268 g/mol. The Morgan fingerprint density at radius 3 is 2.64 bits per heavy atom. The van der Waals surface area contributed by atoms with Crippen LogP contribution in [0.15, 0.2) is 54.6 Å². The zero-order valence-electron chi connectivity index (χ0n) is 12.1. The molecule has 1 aliphatic carbocycles. The van der Waals surface area contributed by atoms with Crippen LogP contribution in [0, 0.1) is 0 Å². The Balaban J connectivity index is 1.98. The minimum Gasteiger partial charge on any atom is -0.244 e. The molecule has 1 heterocycles. The lowest BCUT2D eigenvalue weighted by molar-refractivity contribution is 0.988. The highest BCUT2D eigenvalue weighted by Crippen LogP contribution is 2.29. The molecule has 0 radical (unpaired) electrons. The van der Waals surface area contributed by atoms with Gasteiger partial charge in [-0.3, -0.25) is 0 Å². The molecule has 0 fully saturated rings. The van der Waals surface area contributed by atoms with E-state index in [1.54, 1.807) is 0 Å². The number of hydrogen-bond donors (Lipinski definition) is 0. The maximum absolute atomic E-state index is 5.01. The van der Waals surface area contributed by atoms with E-state index in [2.05, 4.69) is 60.7 Å². The normalized spacial score (nSPS) is 13.8. The van der Waals surface area contributed by atoms with E-state index in [9.17, 15) is 0 Å². The summed E-state index contributed by atoms with van der Waals surface area (Å²) in [5, 5.41) is 2.38. The van der Waals surface area contributed by atoms with Crippen LogP contribution in [0.3, 0.4) is 0 Å². The molecule has 1 aliphatic rings. The molecule has 5 rings (SSSR count). The molecule has 0 bridgehead atoms. The van der Waals surface area contributed by atoms with Crippen LogP contribution in [0.25, 0.3) is 38.9 Å². The minimum absolute atomic E-state index is 0.964. The van der Waals surface area contributed by atoms with Crippen molar-refractivity contribution in [1.82, 2.24) is 9.97 Å². The van der Waals surface area contributed by atoms with Gasteiger partial charge >= 0.3 is 0 Å². The summed E-state index contributed by atoms with van der Waals surface area (Å²) in [6.07, 6.45) is 6.64. The van der Waals surface area contributed by atoms with Crippen molar-refractivity contribution in [2.24, 2.45) is 0 Å². The van der Waals surface area contributed by atoms with E-state index in [-0.39, 0.29) is 0 Å². The Labute approximate surface area is 128 Å². The van der Waals surface area contributed by atoms with Crippen LogP contribution >= 0.6 is 0 Å². The number of aromatic nitrogens is 2. The first-order valence-electron chi connectivity index (χ1n) is 7.68. The predicted octanol–water partition coefficient (Wildman–Crippen LogP) is 4.90. The van der Waals surface area contributed by atoms with Crippen LogP contribution in [0.1, 0.15) is 17.5 Å². The van der Waals surface area contributed by atoms with E-state index in [0.717, 1.165) is 34.9 Å². The SMILES string of the molecule is C1=Cc2c(ccc3nc4ccc5ccccc5c4nc23)CC1. The van der Waals surface area contributed by atoms with Gasteiger partial charge in [-0.2, -0.15) is 0 Å². The fourth-order valence-corrected chi connectivity index (χ4v) is 3.38. The molecule has 0 N–H and O–H groups in total. The van der Waals surface area contributed by atoms with Gasteiger partial charge < -0.3 is 0 Å². The fraction of sp³-hybridized carbons (Fsp3) is 0.100. The molecule has 2 nitrogen and oxygen atoms in total. The van der Waals surface area contributed by atoms with Crippen molar-refractivity contribution in [2.45, 2.75) is 12.8 Å². The first kappa shape index (κ1) is 11.9. The van der Waals surface area contributed by atoms with Crippen molar-refractivity contribution < 1.29 is 0 Å². The number of benzene rings is 3. The van der Waals surface area contributed by atoms with Crippen LogP contribution in [0.2, 0.25) is 0 Å². The smallest absolute Gasteiger partial charge is 0.0973 e. The summed E-state index contributed by atoms with van der Waals surface area (Å²) in [5.74, 6) is 0. The molecular formula is C20H14N2. The number of fused-ring (bicyclic) bond motifs is 6. The highest BCUT2D eigenvalue weighted by Gasteiger charge is 2.12. The lowest BCUT2D eigenvalue weighted by Gasteiger charge is -2.13. The van der Waals surface area contributed by atoms with Gasteiger partial charge in [0.1, 0.15) is 0 Å². The van der Waals surface area contributed by atoms with Gasteiger partial charge in [0, 0.05) is 10.9 Å². The van der Waals surface area contributed by atoms with Crippen molar-refractivity contribution in [2.75, 3.05) is 0 Å². The topological polar surface area (TPSA) is 25.8 Å². The number of hydrogen-bond acceptors (Lipinski definition) is 2. The van der Waals surface area contributed by atoms with E-state index in [1.165, 1.54) is 21.9 Å². The number of nitrogens with zero attached hydrogens (tertiary/aromatic N) is 2. The molecule has 0 aliphatic heterocycles. The predicted molar refractivity (Wildman–Crippen MR) is 91.9 cm³/mol. The highest BCUT2D eigenvalue weighted by molar-refractivity contribution is 6.06. The molecule has 3 aromatic carbocycles. The van der Waals surface area contributed by atoms with Crippen LogP contribution in [-0.4, -0.2) is 9.97 Å². The third-order valence-electron chi connectivity index (χ3n) is 4.49. The van der Waals surface area contributed by atoms with Crippen LogP contribution < -0.4 is 0 Å². The molecule has 0 spiro atoms. The van der Waals surface area contributed by atoms with Crippen molar-refractivity contribution in [1.29, 1.82) is 0 Å². The molecule has 0 unspecified atom stereocenters. The molecule has 0 saturated carbocycles. The second kappa shape index (κ2) is 4.38. The highest BCUT2D eigenvalue weighted by atomic mass is 14.8. The Bertz CT molecular complexity index is 1080. The quantitative estimate of drug-likeness (QED) is 0.339. The maximum atomic E-state index is 5.01. The number of rotatable bonds is 0. The Hall–Kier alpha value is -2.74. The first-order chi connectivity index (χ1) is 10.9. The molecule has 0 saturated heterocycles. The van der Waals surface area contributed by atoms with E-state index >= 15 is 0 Å². The van der Waals surface area contributed by atoms with E-state index in [4.69, 9.17) is 9.97 Å². The van der Waals surface area contributed by atoms with Gasteiger partial charge in [-0.25, -0.2) is 9.97 Å². The summed E-state index contributed by atoms with van der Waals surface area (Å²) in [5.41, 5.74) is 6.59. The third kappa shape index (κ3) is 1.61. The molecule has 4 aromatic rings. The molecule has 0 atom stereocenters. The Morgan fingerprint density at radius 1 is 0.773 bits per heavy atom. The van der Waals surface area contributed by atoms with Gasteiger partial charge in [-0.1, -0.05) is 48.6 Å². The molecule has 0 amide bonds. The lowest BCUT2D eigenvalue weighted by Crippen LogP contribution is -1.98. The number of aryl methyl sites for hydroxylation is 1. The van der Waals surface area contributed by atoms with Gasteiger partial charge in [0.25, 0.3) is 0 Å². The van der Waals surface area contributed by atoms with Crippen LogP contribution in [0.4, 0.5) is 0 Å². The molecule has 104 valence electrons. The van der Waals surface area contributed by atoms with Gasteiger partial charge in [0.15, 0.2) is 0 Å². The summed E-state index contributed by atoms with van der Waals surface area (Å²) in [6.45, 7) is 0. The third-order valence-corrected chi connectivity index (χ3v) is 4.49. The minimum atomic E-state index is 0.964. The van der Waals surface area contributed by atoms with Crippen molar-refractivity contribution in [3.05, 3.63) is 65.7 Å². The van der Waals surface area contributed by atoms with E-state index in [1.807, 2.05) is 0 Å². The molecule has 2 heteroatoms. The van der Waals surface area contributed by atoms with Gasteiger partial charge in [-0.05, 0) is 35.9 Å². The monoisotopic (exact) mass is 282 g/mol. The summed E-state index contributed by atoms with van der Waals surface area (Å²) in [7, 11) is 0. The summed E-state index contributed by atoms with van der Waals surface area (Å²) >= 11 is 0. The first-order valence-corrected chi connectivity index (χ1v) is 7.68. The fourth-order valence-electron chi connectivity index (χ4n) is 3.38.